The van der Waals surface area contributed by atoms with E-state index in [2.05, 4.69) is 28.7 Å². The molecular weight excluding hydrogens is 210 g/mol. The maximum absolute atomic E-state index is 9.40. The molecule has 1 aromatic carbocycles. The van der Waals surface area contributed by atoms with Crippen molar-refractivity contribution in [2.75, 3.05) is 18.0 Å². The van der Waals surface area contributed by atoms with E-state index in [9.17, 15) is 5.26 Å². The van der Waals surface area contributed by atoms with Crippen molar-refractivity contribution in [3.63, 3.8) is 0 Å². The number of aromatic nitrogens is 1. The molecule has 1 aromatic heterocycles. The number of aryl methyl sites for hydroxylation is 1. The van der Waals surface area contributed by atoms with Crippen LogP contribution in [-0.4, -0.2) is 17.7 Å². The molecule has 1 saturated heterocycles. The summed E-state index contributed by atoms with van der Waals surface area (Å²) in [5, 5.41) is 10.5. The van der Waals surface area contributed by atoms with Gasteiger partial charge in [-0.05, 0) is 18.9 Å². The summed E-state index contributed by atoms with van der Waals surface area (Å²) in [6, 6.07) is 10.5. The third-order valence-electron chi connectivity index (χ3n) is 3.59. The number of para-hydroxylation sites is 1. The standard InChI is InChI=1S/C14H15N3/c1-16-13-7-3-2-6-11(13)12(10-15)14(16)17-8-4-5-9-17/h2-3,6-7H,4-5,8-9H2,1H3. The molecule has 86 valence electrons. The summed E-state index contributed by atoms with van der Waals surface area (Å²) in [7, 11) is 2.05. The van der Waals surface area contributed by atoms with Crippen LogP contribution < -0.4 is 4.90 Å². The molecule has 1 aliphatic rings. The smallest absolute Gasteiger partial charge is 0.127 e. The SMILES string of the molecule is Cn1c(N2CCCC2)c(C#N)c2ccccc21. The Labute approximate surface area is 101 Å². The van der Waals surface area contributed by atoms with E-state index in [4.69, 9.17) is 0 Å². The van der Waals surface area contributed by atoms with Crippen molar-refractivity contribution in [1.29, 1.82) is 5.26 Å². The molecule has 3 heteroatoms. The fraction of sp³-hybridized carbons (Fsp3) is 0.357. The van der Waals surface area contributed by atoms with E-state index in [1.165, 1.54) is 12.8 Å². The van der Waals surface area contributed by atoms with Crippen LogP contribution in [0.25, 0.3) is 10.9 Å². The summed E-state index contributed by atoms with van der Waals surface area (Å²) in [6.45, 7) is 2.14. The first-order valence-corrected chi connectivity index (χ1v) is 6.05. The molecule has 0 radical (unpaired) electrons. The molecular formula is C14H15N3. The summed E-state index contributed by atoms with van der Waals surface area (Å²) >= 11 is 0. The first kappa shape index (κ1) is 10.2. The highest BCUT2D eigenvalue weighted by Gasteiger charge is 2.22. The number of rotatable bonds is 1. The highest BCUT2D eigenvalue weighted by molar-refractivity contribution is 5.92. The molecule has 17 heavy (non-hydrogen) atoms. The quantitative estimate of drug-likeness (QED) is 0.747. The largest absolute Gasteiger partial charge is 0.357 e. The van der Waals surface area contributed by atoms with Crippen molar-refractivity contribution < 1.29 is 0 Å². The van der Waals surface area contributed by atoms with Crippen molar-refractivity contribution in [3.8, 4) is 6.07 Å². The van der Waals surface area contributed by atoms with Crippen molar-refractivity contribution >= 4 is 16.7 Å². The average Bonchev–Trinajstić information content (AvgIpc) is 2.96. The number of benzene rings is 1. The van der Waals surface area contributed by atoms with E-state index in [1.54, 1.807) is 0 Å². The number of hydrogen-bond donors (Lipinski definition) is 0. The Morgan fingerprint density at radius 3 is 2.59 bits per heavy atom. The minimum absolute atomic E-state index is 0.824. The van der Waals surface area contributed by atoms with Gasteiger partial charge in [0.25, 0.3) is 0 Å². The molecule has 2 aromatic rings. The monoisotopic (exact) mass is 225 g/mol. The molecule has 0 N–H and O–H groups in total. The number of fused-ring (bicyclic) bond motifs is 1. The first-order valence-electron chi connectivity index (χ1n) is 6.05. The highest BCUT2D eigenvalue weighted by atomic mass is 15.2. The average molecular weight is 225 g/mol. The van der Waals surface area contributed by atoms with Gasteiger partial charge in [-0.1, -0.05) is 18.2 Å². The van der Waals surface area contributed by atoms with E-state index in [1.807, 2.05) is 18.2 Å². The van der Waals surface area contributed by atoms with Crippen LogP contribution in [0.1, 0.15) is 18.4 Å². The van der Waals surface area contributed by atoms with Crippen LogP contribution in [0.15, 0.2) is 24.3 Å². The van der Waals surface area contributed by atoms with Gasteiger partial charge in [0, 0.05) is 25.5 Å². The molecule has 0 spiro atoms. The minimum atomic E-state index is 0.824. The normalized spacial score (nSPS) is 15.4. The Balaban J connectivity index is 2.29. The molecule has 0 unspecified atom stereocenters. The zero-order valence-electron chi connectivity index (χ0n) is 9.98. The lowest BCUT2D eigenvalue weighted by Gasteiger charge is -2.18. The van der Waals surface area contributed by atoms with E-state index in [0.717, 1.165) is 35.4 Å². The Morgan fingerprint density at radius 1 is 1.18 bits per heavy atom. The van der Waals surface area contributed by atoms with E-state index < -0.39 is 0 Å². The van der Waals surface area contributed by atoms with Crippen molar-refractivity contribution in [2.24, 2.45) is 7.05 Å². The van der Waals surface area contributed by atoms with Crippen LogP contribution in [0.4, 0.5) is 5.82 Å². The molecule has 0 aliphatic carbocycles. The molecule has 0 amide bonds. The second-order valence-corrected chi connectivity index (χ2v) is 4.58. The van der Waals surface area contributed by atoms with Gasteiger partial charge in [0.1, 0.15) is 17.5 Å². The Bertz CT molecular complexity index is 598. The van der Waals surface area contributed by atoms with Gasteiger partial charge in [-0.25, -0.2) is 0 Å². The first-order chi connectivity index (χ1) is 8.33. The second kappa shape index (κ2) is 3.81. The van der Waals surface area contributed by atoms with Crippen molar-refractivity contribution in [1.82, 2.24) is 4.57 Å². The van der Waals surface area contributed by atoms with E-state index >= 15 is 0 Å². The van der Waals surface area contributed by atoms with Crippen LogP contribution >= 0.6 is 0 Å². The molecule has 0 saturated carbocycles. The van der Waals surface area contributed by atoms with Gasteiger partial charge in [-0.15, -0.1) is 0 Å². The van der Waals surface area contributed by atoms with Gasteiger partial charge < -0.3 is 9.47 Å². The van der Waals surface area contributed by atoms with Crippen LogP contribution in [0.3, 0.4) is 0 Å². The predicted octanol–water partition coefficient (Wildman–Crippen LogP) is 2.65. The summed E-state index contributed by atoms with van der Waals surface area (Å²) < 4.78 is 2.15. The number of hydrogen-bond acceptors (Lipinski definition) is 2. The van der Waals surface area contributed by atoms with Gasteiger partial charge in [0.2, 0.25) is 0 Å². The van der Waals surface area contributed by atoms with Gasteiger partial charge in [-0.2, -0.15) is 5.26 Å². The Hall–Kier alpha value is -1.95. The lowest BCUT2D eigenvalue weighted by Crippen LogP contribution is -2.21. The third-order valence-corrected chi connectivity index (χ3v) is 3.59. The number of anilines is 1. The van der Waals surface area contributed by atoms with E-state index in [-0.39, 0.29) is 0 Å². The van der Waals surface area contributed by atoms with Crippen LogP contribution in [0.5, 0.6) is 0 Å². The lowest BCUT2D eigenvalue weighted by molar-refractivity contribution is 0.859. The molecule has 0 bridgehead atoms. The summed E-state index contributed by atoms with van der Waals surface area (Å²) in [5.41, 5.74) is 1.97. The predicted molar refractivity (Wildman–Crippen MR) is 69.1 cm³/mol. The van der Waals surface area contributed by atoms with Crippen molar-refractivity contribution in [2.45, 2.75) is 12.8 Å². The second-order valence-electron chi connectivity index (χ2n) is 4.58. The summed E-state index contributed by atoms with van der Waals surface area (Å²) in [4.78, 5) is 2.33. The Morgan fingerprint density at radius 2 is 1.88 bits per heavy atom. The molecule has 1 fully saturated rings. The molecule has 1 aliphatic heterocycles. The lowest BCUT2D eigenvalue weighted by atomic mass is 10.2. The minimum Gasteiger partial charge on any atom is -0.357 e. The summed E-state index contributed by atoms with van der Waals surface area (Å²) in [6.07, 6.45) is 2.46. The maximum atomic E-state index is 9.40. The number of nitriles is 1. The highest BCUT2D eigenvalue weighted by Crippen LogP contribution is 2.32. The van der Waals surface area contributed by atoms with Crippen LogP contribution in [0, 0.1) is 11.3 Å². The molecule has 0 atom stereocenters. The maximum Gasteiger partial charge on any atom is 0.127 e. The third kappa shape index (κ3) is 1.41. The van der Waals surface area contributed by atoms with Crippen LogP contribution in [-0.2, 0) is 7.05 Å². The molecule has 3 rings (SSSR count). The fourth-order valence-corrected chi connectivity index (χ4v) is 2.79. The van der Waals surface area contributed by atoms with Gasteiger partial charge in [0.05, 0.1) is 5.52 Å². The topological polar surface area (TPSA) is 32.0 Å². The zero-order valence-corrected chi connectivity index (χ0v) is 9.98. The summed E-state index contributed by atoms with van der Waals surface area (Å²) in [5.74, 6) is 1.09. The van der Waals surface area contributed by atoms with Crippen molar-refractivity contribution in [3.05, 3.63) is 29.8 Å². The number of nitrogens with zero attached hydrogens (tertiary/aromatic N) is 3. The van der Waals surface area contributed by atoms with Gasteiger partial charge in [0.15, 0.2) is 0 Å². The Kier molecular flexibility index (Phi) is 2.29. The fourth-order valence-electron chi connectivity index (χ4n) is 2.79. The zero-order chi connectivity index (χ0) is 11.8. The molecule has 3 nitrogen and oxygen atoms in total. The van der Waals surface area contributed by atoms with Gasteiger partial charge in [-0.3, -0.25) is 0 Å². The van der Waals surface area contributed by atoms with Gasteiger partial charge >= 0.3 is 0 Å². The van der Waals surface area contributed by atoms with E-state index in [0.29, 0.717) is 0 Å². The van der Waals surface area contributed by atoms with Crippen LogP contribution in [0.2, 0.25) is 0 Å². The molecule has 2 heterocycles.